The number of nitrogens with two attached hydrogens (primary N) is 1. The van der Waals surface area contributed by atoms with Gasteiger partial charge in [0.1, 0.15) is 5.01 Å². The van der Waals surface area contributed by atoms with Gasteiger partial charge in [-0.3, -0.25) is 9.78 Å². The smallest absolute Gasteiger partial charge is 0.228 e. The van der Waals surface area contributed by atoms with Gasteiger partial charge in [0.05, 0.1) is 12.1 Å². The molecule has 1 aliphatic carbocycles. The Morgan fingerprint density at radius 1 is 1.39 bits per heavy atom. The van der Waals surface area contributed by atoms with E-state index in [0.717, 1.165) is 42.2 Å². The Labute approximate surface area is 139 Å². The first-order valence-electron chi connectivity index (χ1n) is 8.09. The number of likely N-dealkylation sites (tertiary alicyclic amines) is 1. The molecule has 3 heterocycles. The molecular weight excluding hydrogens is 308 g/mol. The summed E-state index contributed by atoms with van der Waals surface area (Å²) in [5, 5.41) is 2.89. The zero-order valence-corrected chi connectivity index (χ0v) is 13.7. The van der Waals surface area contributed by atoms with E-state index in [1.807, 2.05) is 22.4 Å². The summed E-state index contributed by atoms with van der Waals surface area (Å²) in [5.74, 6) is 1.28. The molecule has 1 amide bonds. The molecule has 0 radical (unpaired) electrons. The van der Waals surface area contributed by atoms with E-state index in [1.165, 1.54) is 0 Å². The van der Waals surface area contributed by atoms with Crippen molar-refractivity contribution in [3.63, 3.8) is 0 Å². The van der Waals surface area contributed by atoms with Crippen LogP contribution in [0, 0.1) is 11.8 Å². The van der Waals surface area contributed by atoms with E-state index in [9.17, 15) is 4.79 Å². The van der Waals surface area contributed by atoms with Crippen molar-refractivity contribution >= 4 is 17.2 Å². The highest BCUT2D eigenvalue weighted by Crippen LogP contribution is 2.37. The Morgan fingerprint density at radius 3 is 3.09 bits per heavy atom. The first kappa shape index (κ1) is 14.8. The van der Waals surface area contributed by atoms with Crippen LogP contribution in [0.25, 0.3) is 10.6 Å². The number of carbonyl (C=O) groups excluding carboxylic acids is 1. The van der Waals surface area contributed by atoms with Gasteiger partial charge in [-0.2, -0.15) is 0 Å². The number of nitrogens with zero attached hydrogens (tertiary/aromatic N) is 3. The van der Waals surface area contributed by atoms with Gasteiger partial charge in [-0.1, -0.05) is 0 Å². The zero-order chi connectivity index (χ0) is 15.8. The lowest BCUT2D eigenvalue weighted by Gasteiger charge is -2.18. The second-order valence-electron chi connectivity index (χ2n) is 6.53. The molecule has 0 aromatic carbocycles. The van der Waals surface area contributed by atoms with Crippen LogP contribution in [0.5, 0.6) is 0 Å². The van der Waals surface area contributed by atoms with Gasteiger partial charge < -0.3 is 10.6 Å². The maximum absolute atomic E-state index is 12.5. The second kappa shape index (κ2) is 6.02. The van der Waals surface area contributed by atoms with Crippen LogP contribution < -0.4 is 5.73 Å². The average Bonchev–Trinajstić information content (AvgIpc) is 3.26. The van der Waals surface area contributed by atoms with Crippen molar-refractivity contribution in [2.45, 2.75) is 25.3 Å². The number of fused-ring (bicyclic) bond motifs is 1. The Kier molecular flexibility index (Phi) is 3.87. The number of thiazole rings is 1. The Hall–Kier alpha value is -1.79. The van der Waals surface area contributed by atoms with Crippen LogP contribution in [-0.2, 0) is 11.2 Å². The van der Waals surface area contributed by atoms with Crippen LogP contribution in [-0.4, -0.2) is 39.9 Å². The number of hydrogen-bond donors (Lipinski definition) is 1. The molecule has 120 valence electrons. The van der Waals surface area contributed by atoms with Crippen molar-refractivity contribution in [3.8, 4) is 10.6 Å². The molecule has 2 N–H and O–H groups in total. The van der Waals surface area contributed by atoms with Crippen molar-refractivity contribution < 1.29 is 4.79 Å². The minimum absolute atomic E-state index is 0.176. The molecular formula is C17H20N4OS. The largest absolute Gasteiger partial charge is 0.342 e. The van der Waals surface area contributed by atoms with Crippen molar-refractivity contribution in [2.75, 3.05) is 13.1 Å². The molecule has 2 aromatic rings. The van der Waals surface area contributed by atoms with Crippen LogP contribution in [0.2, 0.25) is 0 Å². The normalized spacial score (nSPS) is 26.5. The predicted molar refractivity (Wildman–Crippen MR) is 89.8 cm³/mol. The molecule has 4 rings (SSSR count). The Balaban J connectivity index is 1.41. The molecule has 1 aliphatic heterocycles. The SMILES string of the molecule is NC1CCC2CN(C(=O)Cc3csc(-c4cccnc4)n3)CC12. The fourth-order valence-electron chi connectivity index (χ4n) is 3.79. The summed E-state index contributed by atoms with van der Waals surface area (Å²) >= 11 is 1.56. The molecule has 1 saturated heterocycles. The highest BCUT2D eigenvalue weighted by molar-refractivity contribution is 7.13. The number of carbonyl (C=O) groups is 1. The first-order valence-corrected chi connectivity index (χ1v) is 8.97. The van der Waals surface area contributed by atoms with Gasteiger partial charge in [0.25, 0.3) is 0 Å². The summed E-state index contributed by atoms with van der Waals surface area (Å²) < 4.78 is 0. The molecule has 3 unspecified atom stereocenters. The third-order valence-electron chi connectivity index (χ3n) is 5.06. The van der Waals surface area contributed by atoms with Crippen molar-refractivity contribution in [1.29, 1.82) is 0 Å². The summed E-state index contributed by atoms with van der Waals surface area (Å²) in [7, 11) is 0. The van der Waals surface area contributed by atoms with Gasteiger partial charge in [0.15, 0.2) is 0 Å². The fourth-order valence-corrected chi connectivity index (χ4v) is 4.60. The molecule has 2 aliphatic rings. The summed E-state index contributed by atoms with van der Waals surface area (Å²) in [4.78, 5) is 23.2. The highest BCUT2D eigenvalue weighted by Gasteiger charge is 2.42. The van der Waals surface area contributed by atoms with E-state index < -0.39 is 0 Å². The van der Waals surface area contributed by atoms with E-state index in [0.29, 0.717) is 18.3 Å². The Bertz CT molecular complexity index is 702. The van der Waals surface area contributed by atoms with Crippen LogP contribution in [0.4, 0.5) is 0 Å². The minimum atomic E-state index is 0.176. The maximum atomic E-state index is 12.5. The number of amides is 1. The molecule has 1 saturated carbocycles. The lowest BCUT2D eigenvalue weighted by atomic mass is 9.98. The standard InChI is InChI=1S/C17H20N4OS/c18-15-4-3-12-8-21(9-14(12)15)16(22)6-13-10-23-17(20-13)11-2-1-5-19-7-11/h1-2,5,7,10,12,14-15H,3-4,6,8-9,18H2. The van der Waals surface area contributed by atoms with Gasteiger partial charge >= 0.3 is 0 Å². The predicted octanol–water partition coefficient (Wildman–Crippen LogP) is 1.94. The van der Waals surface area contributed by atoms with E-state index in [-0.39, 0.29) is 11.9 Å². The van der Waals surface area contributed by atoms with Gasteiger partial charge in [0, 0.05) is 42.5 Å². The molecule has 0 bridgehead atoms. The van der Waals surface area contributed by atoms with Gasteiger partial charge in [-0.25, -0.2) is 4.98 Å². The average molecular weight is 328 g/mol. The molecule has 3 atom stereocenters. The molecule has 23 heavy (non-hydrogen) atoms. The van der Waals surface area contributed by atoms with Crippen LogP contribution >= 0.6 is 11.3 Å². The van der Waals surface area contributed by atoms with Crippen LogP contribution in [0.1, 0.15) is 18.5 Å². The molecule has 0 spiro atoms. The van der Waals surface area contributed by atoms with E-state index in [2.05, 4.69) is 9.97 Å². The molecule has 5 nitrogen and oxygen atoms in total. The van der Waals surface area contributed by atoms with Gasteiger partial charge in [0.2, 0.25) is 5.91 Å². The van der Waals surface area contributed by atoms with E-state index in [4.69, 9.17) is 5.73 Å². The maximum Gasteiger partial charge on any atom is 0.228 e. The lowest BCUT2D eigenvalue weighted by molar-refractivity contribution is -0.129. The van der Waals surface area contributed by atoms with Crippen molar-refractivity contribution in [2.24, 2.45) is 17.6 Å². The third kappa shape index (κ3) is 2.88. The first-order chi connectivity index (χ1) is 11.2. The third-order valence-corrected chi connectivity index (χ3v) is 6.00. The summed E-state index contributed by atoms with van der Waals surface area (Å²) in [6.07, 6.45) is 6.20. The topological polar surface area (TPSA) is 72.1 Å². The van der Waals surface area contributed by atoms with Crippen LogP contribution in [0.3, 0.4) is 0 Å². The number of rotatable bonds is 3. The van der Waals surface area contributed by atoms with Crippen LogP contribution in [0.15, 0.2) is 29.9 Å². The number of aromatic nitrogens is 2. The highest BCUT2D eigenvalue weighted by atomic mass is 32.1. The fraction of sp³-hybridized carbons (Fsp3) is 0.471. The van der Waals surface area contributed by atoms with Crippen molar-refractivity contribution in [1.82, 2.24) is 14.9 Å². The van der Waals surface area contributed by atoms with Gasteiger partial charge in [-0.05, 0) is 36.8 Å². The molecule has 6 heteroatoms. The summed E-state index contributed by atoms with van der Waals surface area (Å²) in [6.45, 7) is 1.70. The molecule has 2 aromatic heterocycles. The summed E-state index contributed by atoms with van der Waals surface area (Å²) in [5.41, 5.74) is 7.99. The number of pyridine rings is 1. The second-order valence-corrected chi connectivity index (χ2v) is 7.38. The number of hydrogen-bond acceptors (Lipinski definition) is 5. The van der Waals surface area contributed by atoms with E-state index >= 15 is 0 Å². The molecule has 2 fully saturated rings. The zero-order valence-electron chi connectivity index (χ0n) is 12.9. The minimum Gasteiger partial charge on any atom is -0.342 e. The van der Waals surface area contributed by atoms with Crippen molar-refractivity contribution in [3.05, 3.63) is 35.6 Å². The van der Waals surface area contributed by atoms with E-state index in [1.54, 1.807) is 23.7 Å². The quantitative estimate of drug-likeness (QED) is 0.934. The monoisotopic (exact) mass is 328 g/mol. The summed E-state index contributed by atoms with van der Waals surface area (Å²) in [6, 6.07) is 4.16. The van der Waals surface area contributed by atoms with Gasteiger partial charge in [-0.15, -0.1) is 11.3 Å². The lowest BCUT2D eigenvalue weighted by Crippen LogP contribution is -2.34. The Morgan fingerprint density at radius 2 is 2.30 bits per heavy atom.